The molecule has 0 aliphatic carbocycles. The summed E-state index contributed by atoms with van der Waals surface area (Å²) in [5.41, 5.74) is 3.61. The SMILES string of the molecule is CCCOc1ccc(C=NNC(=O)CC(=O)Nc2cccc(OC)c2)cc1OCC. The van der Waals surface area contributed by atoms with E-state index in [1.54, 1.807) is 42.5 Å². The minimum atomic E-state index is -0.528. The lowest BCUT2D eigenvalue weighted by atomic mass is 10.2. The Bertz CT molecular complexity index is 883. The quantitative estimate of drug-likeness (QED) is 0.334. The molecule has 30 heavy (non-hydrogen) atoms. The van der Waals surface area contributed by atoms with Crippen molar-refractivity contribution >= 4 is 23.7 Å². The van der Waals surface area contributed by atoms with E-state index in [2.05, 4.69) is 15.8 Å². The van der Waals surface area contributed by atoms with Crippen molar-refractivity contribution in [2.45, 2.75) is 26.7 Å². The van der Waals surface area contributed by atoms with Crippen molar-refractivity contribution in [1.29, 1.82) is 0 Å². The van der Waals surface area contributed by atoms with Gasteiger partial charge in [0.15, 0.2) is 11.5 Å². The van der Waals surface area contributed by atoms with Gasteiger partial charge in [-0.2, -0.15) is 5.10 Å². The summed E-state index contributed by atoms with van der Waals surface area (Å²) in [5.74, 6) is 0.902. The van der Waals surface area contributed by atoms with E-state index in [4.69, 9.17) is 14.2 Å². The second-order valence-electron chi connectivity index (χ2n) is 6.24. The van der Waals surface area contributed by atoms with E-state index in [1.807, 2.05) is 13.8 Å². The molecule has 2 amide bonds. The van der Waals surface area contributed by atoms with Crippen LogP contribution in [-0.4, -0.2) is 38.4 Å². The molecule has 0 aliphatic rings. The number of rotatable bonds is 11. The van der Waals surface area contributed by atoms with Crippen LogP contribution in [0.4, 0.5) is 5.69 Å². The average Bonchev–Trinajstić information content (AvgIpc) is 2.73. The van der Waals surface area contributed by atoms with Crippen LogP contribution in [0.25, 0.3) is 0 Å². The molecule has 8 nitrogen and oxygen atoms in total. The molecule has 8 heteroatoms. The predicted molar refractivity (Wildman–Crippen MR) is 115 cm³/mol. The van der Waals surface area contributed by atoms with Crippen LogP contribution >= 0.6 is 0 Å². The van der Waals surface area contributed by atoms with Crippen molar-refractivity contribution in [3.8, 4) is 17.2 Å². The van der Waals surface area contributed by atoms with Crippen molar-refractivity contribution in [2.24, 2.45) is 5.10 Å². The van der Waals surface area contributed by atoms with Crippen LogP contribution in [0.2, 0.25) is 0 Å². The topological polar surface area (TPSA) is 98.2 Å². The first kappa shape index (κ1) is 22.7. The molecule has 0 saturated carbocycles. The van der Waals surface area contributed by atoms with Crippen LogP contribution in [0.5, 0.6) is 17.2 Å². The molecule has 2 rings (SSSR count). The molecule has 0 bridgehead atoms. The highest BCUT2D eigenvalue weighted by atomic mass is 16.5. The van der Waals surface area contributed by atoms with Crippen LogP contribution in [-0.2, 0) is 9.59 Å². The van der Waals surface area contributed by atoms with Gasteiger partial charge < -0.3 is 19.5 Å². The molecule has 160 valence electrons. The third-order valence-electron chi connectivity index (χ3n) is 3.81. The molecule has 0 unspecified atom stereocenters. The summed E-state index contributed by atoms with van der Waals surface area (Å²) in [7, 11) is 1.54. The minimum absolute atomic E-state index is 0.359. The highest BCUT2D eigenvalue weighted by Gasteiger charge is 2.10. The van der Waals surface area contributed by atoms with Crippen molar-refractivity contribution in [3.63, 3.8) is 0 Å². The maximum Gasteiger partial charge on any atom is 0.249 e. The molecule has 0 heterocycles. The summed E-state index contributed by atoms with van der Waals surface area (Å²) in [6, 6.07) is 12.3. The van der Waals surface area contributed by atoms with Gasteiger partial charge in [-0.25, -0.2) is 5.43 Å². The molecule has 0 fully saturated rings. The van der Waals surface area contributed by atoms with E-state index < -0.39 is 11.8 Å². The molecule has 0 radical (unpaired) electrons. The lowest BCUT2D eigenvalue weighted by Gasteiger charge is -2.11. The van der Waals surface area contributed by atoms with E-state index in [-0.39, 0.29) is 6.42 Å². The summed E-state index contributed by atoms with van der Waals surface area (Å²) < 4.78 is 16.3. The maximum atomic E-state index is 12.0. The number of nitrogens with one attached hydrogen (secondary N) is 2. The van der Waals surface area contributed by atoms with Gasteiger partial charge >= 0.3 is 0 Å². The van der Waals surface area contributed by atoms with E-state index in [9.17, 15) is 9.59 Å². The molecule has 0 saturated heterocycles. The largest absolute Gasteiger partial charge is 0.497 e. The van der Waals surface area contributed by atoms with Gasteiger partial charge in [0.1, 0.15) is 12.2 Å². The fourth-order valence-electron chi connectivity index (χ4n) is 2.47. The number of carbonyl (C=O) groups is 2. The molecule has 2 aromatic rings. The first-order valence-electron chi connectivity index (χ1n) is 9.71. The molecule has 2 N–H and O–H groups in total. The standard InChI is InChI=1S/C22H27N3O5/c1-4-11-30-19-10-9-16(12-20(19)29-5-2)15-23-25-22(27)14-21(26)24-17-7-6-8-18(13-17)28-3/h6-10,12-13,15H,4-5,11,14H2,1-3H3,(H,24,26)(H,25,27). The van der Waals surface area contributed by atoms with Crippen LogP contribution in [0, 0.1) is 0 Å². The zero-order valence-corrected chi connectivity index (χ0v) is 17.4. The lowest BCUT2D eigenvalue weighted by Crippen LogP contribution is -2.24. The van der Waals surface area contributed by atoms with Crippen molar-refractivity contribution < 1.29 is 23.8 Å². The number of carbonyl (C=O) groups excluding carboxylic acids is 2. The highest BCUT2D eigenvalue weighted by Crippen LogP contribution is 2.28. The van der Waals surface area contributed by atoms with E-state index >= 15 is 0 Å². The lowest BCUT2D eigenvalue weighted by molar-refractivity contribution is -0.126. The van der Waals surface area contributed by atoms with E-state index in [0.29, 0.717) is 36.1 Å². The second-order valence-corrected chi connectivity index (χ2v) is 6.24. The molecule has 0 aromatic heterocycles. The number of hydrazone groups is 1. The normalized spacial score (nSPS) is 10.5. The number of methoxy groups -OCH3 is 1. The molecular weight excluding hydrogens is 386 g/mol. The fraction of sp³-hybridized carbons (Fsp3) is 0.318. The fourth-order valence-corrected chi connectivity index (χ4v) is 2.47. The summed E-state index contributed by atoms with van der Waals surface area (Å²) >= 11 is 0. The molecule has 0 atom stereocenters. The van der Waals surface area contributed by atoms with Crippen LogP contribution in [0.1, 0.15) is 32.3 Å². The van der Waals surface area contributed by atoms with Gasteiger partial charge in [-0.15, -0.1) is 0 Å². The smallest absolute Gasteiger partial charge is 0.249 e. The number of anilines is 1. The van der Waals surface area contributed by atoms with E-state index in [0.717, 1.165) is 12.0 Å². The van der Waals surface area contributed by atoms with Gasteiger partial charge in [0.2, 0.25) is 11.8 Å². The number of amides is 2. The summed E-state index contributed by atoms with van der Waals surface area (Å²) in [4.78, 5) is 23.9. The molecule has 2 aromatic carbocycles. The van der Waals surface area contributed by atoms with Gasteiger partial charge in [-0.1, -0.05) is 13.0 Å². The zero-order valence-electron chi connectivity index (χ0n) is 17.4. The number of ether oxygens (including phenoxy) is 3. The van der Waals surface area contributed by atoms with Gasteiger partial charge in [-0.3, -0.25) is 9.59 Å². The number of hydrogen-bond acceptors (Lipinski definition) is 6. The third-order valence-corrected chi connectivity index (χ3v) is 3.81. The maximum absolute atomic E-state index is 12.0. The van der Waals surface area contributed by atoms with Crippen LogP contribution in [0.15, 0.2) is 47.6 Å². The van der Waals surface area contributed by atoms with Gasteiger partial charge in [0.25, 0.3) is 0 Å². The monoisotopic (exact) mass is 413 g/mol. The molecular formula is C22H27N3O5. The zero-order chi connectivity index (χ0) is 21.8. The Kier molecular flexibility index (Phi) is 9.18. The minimum Gasteiger partial charge on any atom is -0.497 e. The summed E-state index contributed by atoms with van der Waals surface area (Å²) in [6.07, 6.45) is 2.01. The molecule has 0 aliphatic heterocycles. The highest BCUT2D eigenvalue weighted by molar-refractivity contribution is 6.03. The Balaban J connectivity index is 1.88. The van der Waals surface area contributed by atoms with Gasteiger partial charge in [0, 0.05) is 11.8 Å². The Hall–Kier alpha value is -3.55. The third kappa shape index (κ3) is 7.46. The molecule has 0 spiro atoms. The van der Waals surface area contributed by atoms with Crippen molar-refractivity contribution in [3.05, 3.63) is 48.0 Å². The second kappa shape index (κ2) is 12.1. The number of benzene rings is 2. The Morgan fingerprint density at radius 1 is 1.03 bits per heavy atom. The average molecular weight is 413 g/mol. The summed E-state index contributed by atoms with van der Waals surface area (Å²) in [6.45, 7) is 5.02. The Morgan fingerprint density at radius 2 is 1.87 bits per heavy atom. The van der Waals surface area contributed by atoms with Crippen molar-refractivity contribution in [1.82, 2.24) is 5.43 Å². The van der Waals surface area contributed by atoms with Gasteiger partial charge in [0.05, 0.1) is 26.5 Å². The first-order valence-corrected chi connectivity index (χ1v) is 9.71. The Morgan fingerprint density at radius 3 is 2.60 bits per heavy atom. The first-order chi connectivity index (χ1) is 14.5. The number of hydrogen-bond donors (Lipinski definition) is 2. The van der Waals surface area contributed by atoms with E-state index in [1.165, 1.54) is 13.3 Å². The van der Waals surface area contributed by atoms with Crippen molar-refractivity contribution in [2.75, 3.05) is 25.6 Å². The number of nitrogens with zero attached hydrogens (tertiary/aromatic N) is 1. The Labute approximate surface area is 176 Å². The van der Waals surface area contributed by atoms with Crippen LogP contribution < -0.4 is 25.0 Å². The summed E-state index contributed by atoms with van der Waals surface area (Å²) in [5, 5.41) is 6.54. The predicted octanol–water partition coefficient (Wildman–Crippen LogP) is 3.36. The van der Waals surface area contributed by atoms with Gasteiger partial charge in [-0.05, 0) is 49.2 Å². The van der Waals surface area contributed by atoms with Crippen LogP contribution in [0.3, 0.4) is 0 Å².